The molecule has 3 rings (SSSR count). The van der Waals surface area contributed by atoms with Gasteiger partial charge in [-0.1, -0.05) is 17.7 Å². The lowest BCUT2D eigenvalue weighted by atomic mass is 10.1. The average Bonchev–Trinajstić information content (AvgIpc) is 2.91. The predicted octanol–water partition coefficient (Wildman–Crippen LogP) is 3.57. The summed E-state index contributed by atoms with van der Waals surface area (Å²) in [5.74, 6) is -0.755. The van der Waals surface area contributed by atoms with Crippen molar-refractivity contribution in [3.05, 3.63) is 40.9 Å². The van der Waals surface area contributed by atoms with E-state index in [4.69, 9.17) is 10.1 Å². The third-order valence-electron chi connectivity index (χ3n) is 5.04. The Morgan fingerprint density at radius 1 is 1.33 bits per heavy atom. The first-order valence-electron chi connectivity index (χ1n) is 9.42. The number of benzene rings is 1. The summed E-state index contributed by atoms with van der Waals surface area (Å²) in [5.41, 5.74) is 3.39. The van der Waals surface area contributed by atoms with Gasteiger partial charge in [0.1, 0.15) is 0 Å². The summed E-state index contributed by atoms with van der Waals surface area (Å²) in [5, 5.41) is 15.4. The van der Waals surface area contributed by atoms with Gasteiger partial charge in [0.25, 0.3) is 0 Å². The largest absolute Gasteiger partial charge is 0.480 e. The molecule has 146 valence electrons. The van der Waals surface area contributed by atoms with E-state index < -0.39 is 5.97 Å². The van der Waals surface area contributed by atoms with E-state index in [0.29, 0.717) is 6.04 Å². The van der Waals surface area contributed by atoms with Gasteiger partial charge in [0.05, 0.1) is 12.2 Å². The molecule has 1 aliphatic heterocycles. The Kier molecular flexibility index (Phi) is 6.82. The zero-order chi connectivity index (χ0) is 19.2. The lowest BCUT2D eigenvalue weighted by Gasteiger charge is -2.25. The highest BCUT2D eigenvalue weighted by molar-refractivity contribution is 7.13. The Hall–Kier alpha value is -1.96. The second kappa shape index (κ2) is 9.30. The molecular formula is C20H28N4O2S. The van der Waals surface area contributed by atoms with Gasteiger partial charge in [-0.2, -0.15) is 0 Å². The zero-order valence-electron chi connectivity index (χ0n) is 16.0. The van der Waals surface area contributed by atoms with Gasteiger partial charge in [-0.15, -0.1) is 11.3 Å². The summed E-state index contributed by atoms with van der Waals surface area (Å²) in [4.78, 5) is 20.1. The van der Waals surface area contributed by atoms with Gasteiger partial charge in [0, 0.05) is 30.2 Å². The van der Waals surface area contributed by atoms with Gasteiger partial charge in [0.15, 0.2) is 5.13 Å². The minimum absolute atomic E-state index is 0.116. The quantitative estimate of drug-likeness (QED) is 0.756. The molecule has 6 nitrogen and oxygen atoms in total. The van der Waals surface area contributed by atoms with Gasteiger partial charge in [-0.25, -0.2) is 4.98 Å². The van der Waals surface area contributed by atoms with Gasteiger partial charge in [0.2, 0.25) is 0 Å². The fraction of sp³-hybridized carbons (Fsp3) is 0.500. The molecule has 2 aromatic rings. The molecule has 0 amide bonds. The number of aromatic nitrogens is 1. The van der Waals surface area contributed by atoms with Crippen LogP contribution in [0.5, 0.6) is 0 Å². The van der Waals surface area contributed by atoms with Crippen molar-refractivity contribution < 1.29 is 9.90 Å². The van der Waals surface area contributed by atoms with Crippen LogP contribution in [0, 0.1) is 6.92 Å². The lowest BCUT2D eigenvalue weighted by Crippen LogP contribution is -2.36. The Balaban J connectivity index is 1.51. The number of likely N-dealkylation sites (tertiary alicyclic amines) is 1. The van der Waals surface area contributed by atoms with Crippen LogP contribution >= 0.6 is 11.3 Å². The van der Waals surface area contributed by atoms with Crippen LogP contribution in [0.1, 0.15) is 30.5 Å². The SMILES string of the molecule is Cc1ccc(Nc2nc(CN3CCCC(N(C)CC(=O)O)CC3)cs2)cc1. The van der Waals surface area contributed by atoms with Gasteiger partial charge in [-0.05, 0) is 51.9 Å². The van der Waals surface area contributed by atoms with Gasteiger partial charge >= 0.3 is 5.97 Å². The molecule has 1 atom stereocenters. The number of carboxylic acid groups (broad SMARTS) is 1. The van der Waals surface area contributed by atoms with E-state index in [-0.39, 0.29) is 6.54 Å². The number of hydrogen-bond donors (Lipinski definition) is 2. The zero-order valence-corrected chi connectivity index (χ0v) is 16.8. The number of nitrogens with zero attached hydrogens (tertiary/aromatic N) is 3. The van der Waals surface area contributed by atoms with Crippen molar-refractivity contribution >= 4 is 28.1 Å². The van der Waals surface area contributed by atoms with E-state index in [9.17, 15) is 4.79 Å². The number of hydrogen-bond acceptors (Lipinski definition) is 6. The highest BCUT2D eigenvalue weighted by Gasteiger charge is 2.22. The second-order valence-corrected chi connectivity index (χ2v) is 8.16. The molecule has 1 saturated heterocycles. The van der Waals surface area contributed by atoms with E-state index in [1.165, 1.54) is 5.56 Å². The van der Waals surface area contributed by atoms with Crippen LogP contribution in [-0.4, -0.2) is 58.6 Å². The molecule has 0 aliphatic carbocycles. The van der Waals surface area contributed by atoms with Crippen molar-refractivity contribution in [2.24, 2.45) is 0 Å². The van der Waals surface area contributed by atoms with E-state index in [0.717, 1.165) is 55.4 Å². The topological polar surface area (TPSA) is 68.7 Å². The fourth-order valence-electron chi connectivity index (χ4n) is 3.51. The maximum atomic E-state index is 10.9. The Morgan fingerprint density at radius 3 is 2.85 bits per heavy atom. The van der Waals surface area contributed by atoms with Crippen LogP contribution in [-0.2, 0) is 11.3 Å². The molecule has 0 spiro atoms. The monoisotopic (exact) mass is 388 g/mol. The standard InChI is InChI=1S/C20H28N4O2S/c1-15-5-7-16(8-6-15)21-20-22-17(14-27-20)12-24-10-3-4-18(9-11-24)23(2)13-19(25)26/h5-8,14,18H,3-4,9-13H2,1-2H3,(H,21,22)(H,25,26). The van der Waals surface area contributed by atoms with Crippen molar-refractivity contribution in [1.29, 1.82) is 0 Å². The molecule has 1 fully saturated rings. The number of carboxylic acids is 1. The highest BCUT2D eigenvalue weighted by Crippen LogP contribution is 2.23. The maximum Gasteiger partial charge on any atom is 0.317 e. The first-order chi connectivity index (χ1) is 13.0. The number of likely N-dealkylation sites (N-methyl/N-ethyl adjacent to an activating group) is 1. The first kappa shape index (κ1) is 19.8. The summed E-state index contributed by atoms with van der Waals surface area (Å²) in [6.45, 7) is 5.06. The minimum atomic E-state index is -0.755. The second-order valence-electron chi connectivity index (χ2n) is 7.30. The van der Waals surface area contributed by atoms with Crippen molar-refractivity contribution in [2.45, 2.75) is 38.8 Å². The molecule has 1 aromatic carbocycles. The number of aliphatic carboxylic acids is 1. The molecule has 2 N–H and O–H groups in total. The van der Waals surface area contributed by atoms with Crippen molar-refractivity contribution in [3.63, 3.8) is 0 Å². The van der Waals surface area contributed by atoms with E-state index in [1.54, 1.807) is 11.3 Å². The van der Waals surface area contributed by atoms with E-state index >= 15 is 0 Å². The minimum Gasteiger partial charge on any atom is -0.480 e. The number of thiazole rings is 1. The van der Waals surface area contributed by atoms with Crippen LogP contribution < -0.4 is 5.32 Å². The Morgan fingerprint density at radius 2 is 2.11 bits per heavy atom. The number of carbonyl (C=O) groups is 1. The molecule has 7 heteroatoms. The number of rotatable bonds is 7. The molecular weight excluding hydrogens is 360 g/mol. The summed E-state index contributed by atoms with van der Waals surface area (Å²) in [6, 6.07) is 8.66. The smallest absolute Gasteiger partial charge is 0.317 e. The summed E-state index contributed by atoms with van der Waals surface area (Å²) in [6.07, 6.45) is 3.15. The van der Waals surface area contributed by atoms with Gasteiger partial charge < -0.3 is 10.4 Å². The molecule has 0 radical (unpaired) electrons. The van der Waals surface area contributed by atoms with Crippen LogP contribution in [0.25, 0.3) is 0 Å². The van der Waals surface area contributed by atoms with Crippen LogP contribution in [0.4, 0.5) is 10.8 Å². The number of aryl methyl sites for hydroxylation is 1. The summed E-state index contributed by atoms with van der Waals surface area (Å²) >= 11 is 1.63. The fourth-order valence-corrected chi connectivity index (χ4v) is 4.23. The van der Waals surface area contributed by atoms with Crippen LogP contribution in [0.3, 0.4) is 0 Å². The lowest BCUT2D eigenvalue weighted by molar-refractivity contribution is -0.138. The summed E-state index contributed by atoms with van der Waals surface area (Å²) in [7, 11) is 1.91. The number of anilines is 2. The summed E-state index contributed by atoms with van der Waals surface area (Å²) < 4.78 is 0. The average molecular weight is 389 g/mol. The Bertz CT molecular complexity index is 747. The van der Waals surface area contributed by atoms with Gasteiger partial charge in [-0.3, -0.25) is 14.6 Å². The predicted molar refractivity (Wildman–Crippen MR) is 110 cm³/mol. The van der Waals surface area contributed by atoms with Crippen LogP contribution in [0.2, 0.25) is 0 Å². The normalized spacial score (nSPS) is 18.4. The van der Waals surface area contributed by atoms with Crippen molar-refractivity contribution in [2.75, 3.05) is 32.0 Å². The molecule has 0 saturated carbocycles. The molecule has 1 aliphatic rings. The maximum absolute atomic E-state index is 10.9. The molecule has 1 unspecified atom stereocenters. The third kappa shape index (κ3) is 6.02. The van der Waals surface area contributed by atoms with Crippen molar-refractivity contribution in [1.82, 2.24) is 14.8 Å². The number of nitrogens with one attached hydrogen (secondary N) is 1. The highest BCUT2D eigenvalue weighted by atomic mass is 32.1. The molecule has 2 heterocycles. The van der Waals surface area contributed by atoms with Crippen LogP contribution in [0.15, 0.2) is 29.6 Å². The van der Waals surface area contributed by atoms with Crippen molar-refractivity contribution in [3.8, 4) is 0 Å². The molecule has 0 bridgehead atoms. The van der Waals surface area contributed by atoms with E-state index in [2.05, 4.69) is 46.8 Å². The molecule has 27 heavy (non-hydrogen) atoms. The third-order valence-corrected chi connectivity index (χ3v) is 5.84. The Labute approximate surface area is 164 Å². The molecule has 1 aromatic heterocycles. The van der Waals surface area contributed by atoms with E-state index in [1.807, 2.05) is 11.9 Å². The first-order valence-corrected chi connectivity index (χ1v) is 10.3.